The van der Waals surface area contributed by atoms with Crippen molar-refractivity contribution in [3.05, 3.63) is 60.7 Å². The molecule has 0 spiro atoms. The van der Waals surface area contributed by atoms with Gasteiger partial charge in [0.1, 0.15) is 0 Å². The third-order valence-corrected chi connectivity index (χ3v) is 7.33. The smallest absolute Gasteiger partial charge is 0.796 e. The van der Waals surface area contributed by atoms with E-state index in [4.69, 9.17) is 10.2 Å². The van der Waals surface area contributed by atoms with Crippen LogP contribution in [0.15, 0.2) is 60.7 Å². The van der Waals surface area contributed by atoms with Gasteiger partial charge in [-0.15, -0.1) is 0 Å². The van der Waals surface area contributed by atoms with Crippen LogP contribution < -0.4 is 20.4 Å². The zero-order chi connectivity index (χ0) is 21.2. The number of aliphatic carboxylic acids is 2. The standard InChI is InChI=1S/2C9H11O4P.Fe/c2*10-9(11)6-7-14(12,13)8-4-2-1-3-5-8;/h2*1-5H,6-7H2,(H,10,11)(H,12,13);/q;;+2/p-2. The largest absolute Gasteiger partial charge is 2.00 e. The molecule has 0 bridgehead atoms. The predicted molar refractivity (Wildman–Crippen MR) is 102 cm³/mol. The molecule has 2 N–H and O–H groups in total. The van der Waals surface area contributed by atoms with E-state index in [2.05, 4.69) is 0 Å². The molecule has 2 rings (SSSR count). The minimum Gasteiger partial charge on any atom is -0.796 e. The van der Waals surface area contributed by atoms with Crippen molar-refractivity contribution in [3.63, 3.8) is 0 Å². The van der Waals surface area contributed by atoms with Crippen molar-refractivity contribution >= 4 is 37.3 Å². The molecule has 2 atom stereocenters. The minimum absolute atomic E-state index is 0. The van der Waals surface area contributed by atoms with Gasteiger partial charge in [-0.25, -0.2) is 0 Å². The molecule has 2 aromatic rings. The average molecular weight is 482 g/mol. The van der Waals surface area contributed by atoms with Gasteiger partial charge in [-0.1, -0.05) is 60.7 Å². The molecule has 158 valence electrons. The quantitative estimate of drug-likeness (QED) is 0.415. The molecule has 2 aromatic carbocycles. The molecule has 0 aliphatic carbocycles. The Hall–Kier alpha value is -1.72. The Bertz CT molecular complexity index is 800. The molecule has 8 nitrogen and oxygen atoms in total. The number of carboxylic acid groups (broad SMARTS) is 2. The predicted octanol–water partition coefficient (Wildman–Crippen LogP) is 0.847. The molecule has 0 saturated heterocycles. The summed E-state index contributed by atoms with van der Waals surface area (Å²) >= 11 is 0. The second-order valence-corrected chi connectivity index (χ2v) is 10.4. The maximum Gasteiger partial charge on any atom is 2.00 e. The van der Waals surface area contributed by atoms with Crippen LogP contribution in [0, 0.1) is 0 Å². The summed E-state index contributed by atoms with van der Waals surface area (Å²) in [5.74, 6) is -2.20. The van der Waals surface area contributed by atoms with Gasteiger partial charge >= 0.3 is 29.0 Å². The van der Waals surface area contributed by atoms with Gasteiger partial charge in [0.25, 0.3) is 0 Å². The molecule has 0 amide bonds. The SMILES string of the molecule is O=C(O)CCP(=O)([O-])c1ccccc1.O=C(O)CCP(=O)([O-])c1ccccc1.[Fe+2]. The summed E-state index contributed by atoms with van der Waals surface area (Å²) in [6, 6.07) is 15.7. The van der Waals surface area contributed by atoms with Crippen LogP contribution in [-0.4, -0.2) is 34.5 Å². The Morgan fingerprint density at radius 2 is 0.966 bits per heavy atom. The molecule has 11 heteroatoms. The van der Waals surface area contributed by atoms with E-state index in [0.717, 1.165) is 0 Å². The maximum absolute atomic E-state index is 11.5. The summed E-state index contributed by atoms with van der Waals surface area (Å²) in [6.45, 7) is 0. The van der Waals surface area contributed by atoms with E-state index in [1.165, 1.54) is 24.3 Å². The second-order valence-electron chi connectivity index (χ2n) is 5.75. The number of hydrogen-bond acceptors (Lipinski definition) is 6. The monoisotopic (exact) mass is 482 g/mol. The van der Waals surface area contributed by atoms with Gasteiger partial charge in [0, 0.05) is 27.1 Å². The zero-order valence-electron chi connectivity index (χ0n) is 15.2. The Kier molecular flexibility index (Phi) is 12.0. The molecule has 29 heavy (non-hydrogen) atoms. The molecular weight excluding hydrogens is 462 g/mol. The Labute approximate surface area is 179 Å². The summed E-state index contributed by atoms with van der Waals surface area (Å²) in [5, 5.41) is 17.1. The average Bonchev–Trinajstić information content (AvgIpc) is 2.67. The molecule has 0 heterocycles. The first-order valence-electron chi connectivity index (χ1n) is 8.19. The van der Waals surface area contributed by atoms with Crippen LogP contribution in [0.3, 0.4) is 0 Å². The van der Waals surface area contributed by atoms with Gasteiger partial charge in [-0.2, -0.15) is 0 Å². The zero-order valence-corrected chi connectivity index (χ0v) is 18.1. The first kappa shape index (κ1) is 27.3. The molecule has 0 aliphatic heterocycles. The van der Waals surface area contributed by atoms with E-state index in [1.807, 2.05) is 0 Å². The summed E-state index contributed by atoms with van der Waals surface area (Å²) in [7, 11) is -7.46. The molecule has 0 aliphatic rings. The van der Waals surface area contributed by atoms with E-state index in [0.29, 0.717) is 0 Å². The van der Waals surface area contributed by atoms with Crippen molar-refractivity contribution < 1.29 is 55.8 Å². The van der Waals surface area contributed by atoms with Crippen molar-refractivity contribution in [2.24, 2.45) is 0 Å². The van der Waals surface area contributed by atoms with Crippen LogP contribution in [0.2, 0.25) is 0 Å². The summed E-state index contributed by atoms with van der Waals surface area (Å²) in [6.07, 6.45) is -1.36. The first-order chi connectivity index (χ1) is 13.0. The Morgan fingerprint density at radius 1 is 0.690 bits per heavy atom. The number of carbonyl (C=O) groups is 2. The fourth-order valence-corrected chi connectivity index (χ4v) is 4.79. The van der Waals surface area contributed by atoms with Gasteiger partial charge in [0.2, 0.25) is 0 Å². The molecule has 0 saturated carbocycles. The van der Waals surface area contributed by atoms with Crippen molar-refractivity contribution in [1.29, 1.82) is 0 Å². The number of rotatable bonds is 8. The number of benzene rings is 2. The van der Waals surface area contributed by atoms with E-state index in [1.54, 1.807) is 36.4 Å². The fraction of sp³-hybridized carbons (Fsp3) is 0.222. The Balaban J connectivity index is 0.000000523. The van der Waals surface area contributed by atoms with Gasteiger partial charge in [0.15, 0.2) is 0 Å². The molecule has 0 radical (unpaired) electrons. The summed E-state index contributed by atoms with van der Waals surface area (Å²) in [5.41, 5.74) is 0. The third kappa shape index (κ3) is 10.6. The minimum atomic E-state index is -3.73. The van der Waals surface area contributed by atoms with Gasteiger partial charge < -0.3 is 29.1 Å². The van der Waals surface area contributed by atoms with Gasteiger partial charge in [-0.3, -0.25) is 9.59 Å². The molecule has 2 unspecified atom stereocenters. The number of hydrogen-bond donors (Lipinski definition) is 2. The maximum atomic E-state index is 11.5. The van der Waals surface area contributed by atoms with Crippen LogP contribution in [0.25, 0.3) is 0 Å². The van der Waals surface area contributed by atoms with Crippen LogP contribution in [0.1, 0.15) is 12.8 Å². The van der Waals surface area contributed by atoms with Crippen LogP contribution >= 0.6 is 14.7 Å². The second kappa shape index (κ2) is 12.8. The van der Waals surface area contributed by atoms with Crippen LogP contribution in [-0.2, 0) is 35.8 Å². The summed E-state index contributed by atoms with van der Waals surface area (Å²) < 4.78 is 23.0. The van der Waals surface area contributed by atoms with Gasteiger partial charge in [0.05, 0.1) is 12.8 Å². The van der Waals surface area contributed by atoms with E-state index in [9.17, 15) is 28.5 Å². The Morgan fingerprint density at radius 3 is 1.21 bits per heavy atom. The van der Waals surface area contributed by atoms with Gasteiger partial charge in [-0.05, 0) is 10.6 Å². The first-order valence-corrected chi connectivity index (χ1v) is 11.8. The van der Waals surface area contributed by atoms with E-state index < -0.39 is 26.7 Å². The van der Waals surface area contributed by atoms with Crippen LogP contribution in [0.5, 0.6) is 0 Å². The van der Waals surface area contributed by atoms with Crippen molar-refractivity contribution in [1.82, 2.24) is 0 Å². The molecular formula is C18H20FeO8P2. The number of carboxylic acids is 2. The molecule has 0 aromatic heterocycles. The topological polar surface area (TPSA) is 155 Å². The third-order valence-electron chi connectivity index (χ3n) is 3.54. The van der Waals surface area contributed by atoms with Crippen molar-refractivity contribution in [2.75, 3.05) is 12.3 Å². The van der Waals surface area contributed by atoms with Crippen molar-refractivity contribution in [2.45, 2.75) is 12.8 Å². The fourth-order valence-electron chi connectivity index (χ4n) is 2.05. The normalized spacial score (nSPS) is 14.1. The van der Waals surface area contributed by atoms with E-state index in [-0.39, 0.29) is 52.8 Å². The van der Waals surface area contributed by atoms with Crippen molar-refractivity contribution in [3.8, 4) is 0 Å². The summed E-state index contributed by atoms with van der Waals surface area (Å²) in [4.78, 5) is 43.4. The van der Waals surface area contributed by atoms with Crippen LogP contribution in [0.4, 0.5) is 0 Å². The van der Waals surface area contributed by atoms with E-state index >= 15 is 0 Å². The molecule has 0 fully saturated rings.